The van der Waals surface area contributed by atoms with E-state index in [1.54, 1.807) is 30.6 Å². The number of nitrogens with zero attached hydrogens (tertiary/aromatic N) is 3. The second kappa shape index (κ2) is 9.63. The average Bonchev–Trinajstić information content (AvgIpc) is 3.45. The molecule has 30 heavy (non-hydrogen) atoms. The van der Waals surface area contributed by atoms with E-state index in [-0.39, 0.29) is 24.2 Å². The van der Waals surface area contributed by atoms with Gasteiger partial charge in [-0.1, -0.05) is 18.2 Å². The molecule has 0 spiro atoms. The van der Waals surface area contributed by atoms with Crippen LogP contribution >= 0.6 is 0 Å². The van der Waals surface area contributed by atoms with Crippen LogP contribution < -0.4 is 0 Å². The number of amides is 1. The highest BCUT2D eigenvalue weighted by molar-refractivity contribution is 5.76. The SMILES string of the molecule is O=C(CCc1ncc(-c2ccccc2F)o1)N(Cc1cccnc1)CC1CCCO1. The summed E-state index contributed by atoms with van der Waals surface area (Å²) < 4.78 is 25.3. The first-order valence-corrected chi connectivity index (χ1v) is 10.2. The van der Waals surface area contributed by atoms with Crippen LogP contribution in [0.2, 0.25) is 0 Å². The van der Waals surface area contributed by atoms with Crippen LogP contribution in [0.3, 0.4) is 0 Å². The van der Waals surface area contributed by atoms with E-state index in [2.05, 4.69) is 9.97 Å². The third-order valence-electron chi connectivity index (χ3n) is 5.14. The Morgan fingerprint density at radius 2 is 2.10 bits per heavy atom. The Kier molecular flexibility index (Phi) is 6.49. The minimum Gasteiger partial charge on any atom is -0.441 e. The molecule has 3 heterocycles. The topological polar surface area (TPSA) is 68.5 Å². The lowest BCUT2D eigenvalue weighted by Gasteiger charge is -2.25. The third kappa shape index (κ3) is 5.10. The smallest absolute Gasteiger partial charge is 0.223 e. The molecule has 0 bridgehead atoms. The van der Waals surface area contributed by atoms with Crippen molar-refractivity contribution >= 4 is 5.91 Å². The van der Waals surface area contributed by atoms with Gasteiger partial charge in [-0.2, -0.15) is 0 Å². The zero-order valence-electron chi connectivity index (χ0n) is 16.7. The predicted molar refractivity (Wildman–Crippen MR) is 109 cm³/mol. The first-order chi connectivity index (χ1) is 14.7. The minimum absolute atomic E-state index is 0.00000488. The van der Waals surface area contributed by atoms with Crippen LogP contribution in [0.25, 0.3) is 11.3 Å². The molecule has 0 saturated carbocycles. The maximum atomic E-state index is 13.9. The van der Waals surface area contributed by atoms with E-state index in [0.717, 1.165) is 25.0 Å². The molecule has 1 saturated heterocycles. The molecule has 0 N–H and O–H groups in total. The Balaban J connectivity index is 1.40. The van der Waals surface area contributed by atoms with Gasteiger partial charge in [-0.05, 0) is 36.6 Å². The molecular weight excluding hydrogens is 385 g/mol. The van der Waals surface area contributed by atoms with Crippen molar-refractivity contribution in [1.82, 2.24) is 14.9 Å². The molecule has 3 aromatic rings. The van der Waals surface area contributed by atoms with Crippen LogP contribution in [0.5, 0.6) is 0 Å². The van der Waals surface area contributed by atoms with Gasteiger partial charge in [0.05, 0.1) is 17.9 Å². The molecule has 6 nitrogen and oxygen atoms in total. The third-order valence-corrected chi connectivity index (χ3v) is 5.14. The molecule has 2 aromatic heterocycles. The highest BCUT2D eigenvalue weighted by atomic mass is 19.1. The van der Waals surface area contributed by atoms with Crippen molar-refractivity contribution in [3.05, 3.63) is 72.3 Å². The van der Waals surface area contributed by atoms with Crippen LogP contribution in [-0.2, 0) is 22.5 Å². The summed E-state index contributed by atoms with van der Waals surface area (Å²) in [6.45, 7) is 1.78. The molecule has 4 rings (SSSR count). The Morgan fingerprint density at radius 3 is 2.87 bits per heavy atom. The van der Waals surface area contributed by atoms with Crippen molar-refractivity contribution in [2.75, 3.05) is 13.2 Å². The van der Waals surface area contributed by atoms with Gasteiger partial charge in [-0.3, -0.25) is 9.78 Å². The summed E-state index contributed by atoms with van der Waals surface area (Å²) in [4.78, 5) is 23.1. The molecule has 0 aliphatic carbocycles. The van der Waals surface area contributed by atoms with Gasteiger partial charge in [0.25, 0.3) is 0 Å². The van der Waals surface area contributed by atoms with Crippen LogP contribution in [0.1, 0.15) is 30.7 Å². The second-order valence-corrected chi connectivity index (χ2v) is 7.37. The number of rotatable bonds is 8. The number of ether oxygens (including phenoxy) is 1. The van der Waals surface area contributed by atoms with Crippen molar-refractivity contribution in [2.24, 2.45) is 0 Å². The van der Waals surface area contributed by atoms with Gasteiger partial charge in [0.2, 0.25) is 5.91 Å². The van der Waals surface area contributed by atoms with Crippen LogP contribution in [0.15, 0.2) is 59.4 Å². The molecule has 0 radical (unpaired) electrons. The fraction of sp³-hybridized carbons (Fsp3) is 0.348. The Bertz CT molecular complexity index is 971. The van der Waals surface area contributed by atoms with Gasteiger partial charge in [0.1, 0.15) is 5.82 Å². The summed E-state index contributed by atoms with van der Waals surface area (Å²) in [5.41, 5.74) is 1.33. The highest BCUT2D eigenvalue weighted by Gasteiger charge is 2.23. The monoisotopic (exact) mass is 409 g/mol. The maximum Gasteiger partial charge on any atom is 0.223 e. The van der Waals surface area contributed by atoms with Gasteiger partial charge in [0, 0.05) is 44.9 Å². The number of carbonyl (C=O) groups excluding carboxylic acids is 1. The molecule has 1 fully saturated rings. The fourth-order valence-corrected chi connectivity index (χ4v) is 3.58. The highest BCUT2D eigenvalue weighted by Crippen LogP contribution is 2.24. The predicted octanol–water partition coefficient (Wildman–Crippen LogP) is 4.02. The summed E-state index contributed by atoms with van der Waals surface area (Å²) in [6, 6.07) is 10.2. The zero-order chi connectivity index (χ0) is 20.8. The van der Waals surface area contributed by atoms with Gasteiger partial charge >= 0.3 is 0 Å². The maximum absolute atomic E-state index is 13.9. The van der Waals surface area contributed by atoms with Crippen molar-refractivity contribution < 1.29 is 18.3 Å². The Labute approximate surface area is 174 Å². The van der Waals surface area contributed by atoms with Crippen molar-refractivity contribution in [2.45, 2.75) is 38.3 Å². The molecule has 1 aliphatic heterocycles. The summed E-state index contributed by atoms with van der Waals surface area (Å²) in [5.74, 6) is 0.414. The number of halogens is 1. The first-order valence-electron chi connectivity index (χ1n) is 10.2. The van der Waals surface area contributed by atoms with Gasteiger partial charge in [0.15, 0.2) is 11.7 Å². The molecule has 156 valence electrons. The molecule has 1 aromatic carbocycles. The van der Waals surface area contributed by atoms with Gasteiger partial charge in [-0.15, -0.1) is 0 Å². The number of hydrogen-bond donors (Lipinski definition) is 0. The van der Waals surface area contributed by atoms with Crippen LogP contribution in [-0.4, -0.2) is 40.0 Å². The minimum atomic E-state index is -0.365. The van der Waals surface area contributed by atoms with E-state index in [1.807, 2.05) is 17.0 Å². The number of aryl methyl sites for hydroxylation is 1. The van der Waals surface area contributed by atoms with Gasteiger partial charge in [-0.25, -0.2) is 9.37 Å². The summed E-state index contributed by atoms with van der Waals surface area (Å²) in [7, 11) is 0. The molecule has 1 unspecified atom stereocenters. The molecule has 1 atom stereocenters. The van der Waals surface area contributed by atoms with E-state index >= 15 is 0 Å². The molecule has 7 heteroatoms. The van der Waals surface area contributed by atoms with E-state index in [4.69, 9.17) is 9.15 Å². The van der Waals surface area contributed by atoms with Crippen LogP contribution in [0, 0.1) is 5.82 Å². The van der Waals surface area contributed by atoms with E-state index in [1.165, 1.54) is 12.3 Å². The first kappa shape index (κ1) is 20.2. The lowest BCUT2D eigenvalue weighted by atomic mass is 10.2. The van der Waals surface area contributed by atoms with Crippen molar-refractivity contribution in [1.29, 1.82) is 0 Å². The Hall–Kier alpha value is -3.06. The largest absolute Gasteiger partial charge is 0.441 e. The van der Waals surface area contributed by atoms with Crippen LogP contribution in [0.4, 0.5) is 4.39 Å². The summed E-state index contributed by atoms with van der Waals surface area (Å²) in [6.07, 6.45) is 7.64. The quantitative estimate of drug-likeness (QED) is 0.562. The number of pyridine rings is 1. The standard InChI is InChI=1S/C23H24FN3O3/c24-20-8-2-1-7-19(20)21-14-26-22(30-21)9-10-23(28)27(16-18-6-4-12-29-18)15-17-5-3-11-25-13-17/h1-3,5,7-8,11,13-14,18H,4,6,9-10,12,15-16H2. The Morgan fingerprint density at radius 1 is 1.20 bits per heavy atom. The van der Waals surface area contributed by atoms with E-state index in [9.17, 15) is 9.18 Å². The van der Waals surface area contributed by atoms with E-state index < -0.39 is 0 Å². The number of hydrogen-bond acceptors (Lipinski definition) is 5. The van der Waals surface area contributed by atoms with Crippen molar-refractivity contribution in [3.8, 4) is 11.3 Å². The zero-order valence-corrected chi connectivity index (χ0v) is 16.7. The lowest BCUT2D eigenvalue weighted by molar-refractivity contribution is -0.133. The number of benzene rings is 1. The van der Waals surface area contributed by atoms with E-state index in [0.29, 0.717) is 36.7 Å². The molecular formula is C23H24FN3O3. The molecule has 1 amide bonds. The average molecular weight is 409 g/mol. The van der Waals surface area contributed by atoms with Gasteiger partial charge < -0.3 is 14.1 Å². The summed E-state index contributed by atoms with van der Waals surface area (Å²) >= 11 is 0. The fourth-order valence-electron chi connectivity index (χ4n) is 3.58. The number of oxazole rings is 1. The second-order valence-electron chi connectivity index (χ2n) is 7.37. The number of carbonyl (C=O) groups is 1. The number of aromatic nitrogens is 2. The normalized spacial score (nSPS) is 16.0. The summed E-state index contributed by atoms with van der Waals surface area (Å²) in [5, 5.41) is 0. The lowest BCUT2D eigenvalue weighted by Crippen LogP contribution is -2.37. The van der Waals surface area contributed by atoms with Crippen molar-refractivity contribution in [3.63, 3.8) is 0 Å². The molecule has 1 aliphatic rings.